The predicted octanol–water partition coefficient (Wildman–Crippen LogP) is 6.40. The number of aromatic nitrogens is 5. The van der Waals surface area contributed by atoms with Gasteiger partial charge in [-0.1, -0.05) is 51.4 Å². The molecule has 5 rings (SSSR count). The van der Waals surface area contributed by atoms with Gasteiger partial charge in [0.2, 0.25) is 0 Å². The van der Waals surface area contributed by atoms with Gasteiger partial charge in [-0.15, -0.1) is 10.2 Å². The Kier molecular flexibility index (Phi) is 7.54. The molecular formula is C31H40N6O2Si. The summed E-state index contributed by atoms with van der Waals surface area (Å²) in [5, 5.41) is 11.7. The van der Waals surface area contributed by atoms with Gasteiger partial charge in [-0.2, -0.15) is 0 Å². The van der Waals surface area contributed by atoms with Crippen LogP contribution in [0.4, 0.5) is 5.69 Å². The Bertz CT molecular complexity index is 1560. The minimum Gasteiger partial charge on any atom is -0.361 e. The highest BCUT2D eigenvalue weighted by molar-refractivity contribution is 6.76. The molecule has 9 heteroatoms. The van der Waals surface area contributed by atoms with Gasteiger partial charge < -0.3 is 19.2 Å². The Morgan fingerprint density at radius 2 is 2.05 bits per heavy atom. The number of pyridine rings is 1. The van der Waals surface area contributed by atoms with Crippen LogP contribution in [0, 0.1) is 12.8 Å². The summed E-state index contributed by atoms with van der Waals surface area (Å²) in [4.78, 5) is 18.2. The van der Waals surface area contributed by atoms with E-state index in [4.69, 9.17) is 9.72 Å². The number of nitrogens with one attached hydrogen (secondary N) is 1. The van der Waals surface area contributed by atoms with Gasteiger partial charge in [0.05, 0.1) is 16.4 Å². The van der Waals surface area contributed by atoms with Gasteiger partial charge in [0, 0.05) is 39.2 Å². The van der Waals surface area contributed by atoms with Crippen molar-refractivity contribution in [2.45, 2.75) is 64.5 Å². The first kappa shape index (κ1) is 28.0. The van der Waals surface area contributed by atoms with Gasteiger partial charge in [-0.3, -0.25) is 4.79 Å². The van der Waals surface area contributed by atoms with Crippen molar-refractivity contribution in [3.8, 4) is 0 Å². The largest absolute Gasteiger partial charge is 0.361 e. The first-order valence-corrected chi connectivity index (χ1v) is 17.7. The van der Waals surface area contributed by atoms with E-state index in [9.17, 15) is 4.79 Å². The lowest BCUT2D eigenvalue weighted by atomic mass is 9.58. The van der Waals surface area contributed by atoms with Crippen LogP contribution in [0.2, 0.25) is 25.7 Å². The maximum atomic E-state index is 13.5. The van der Waals surface area contributed by atoms with Crippen molar-refractivity contribution in [1.29, 1.82) is 0 Å². The number of ether oxygens (including phenoxy) is 1. The highest BCUT2D eigenvalue weighted by atomic mass is 28.3. The monoisotopic (exact) mass is 556 g/mol. The normalized spacial score (nSPS) is 19.0. The topological polar surface area (TPSA) is 86.9 Å². The fraction of sp³-hybridized carbons (Fsp3) is 0.419. The van der Waals surface area contributed by atoms with Crippen LogP contribution in [0.1, 0.15) is 52.8 Å². The number of anilines is 1. The zero-order valence-electron chi connectivity index (χ0n) is 24.5. The molecule has 8 nitrogen and oxygen atoms in total. The Labute approximate surface area is 237 Å². The fourth-order valence-electron chi connectivity index (χ4n) is 5.89. The van der Waals surface area contributed by atoms with Crippen molar-refractivity contribution in [1.82, 2.24) is 24.3 Å². The highest BCUT2D eigenvalue weighted by Gasteiger charge is 2.48. The molecule has 1 aliphatic rings. The lowest BCUT2D eigenvalue weighted by molar-refractivity contribution is 0.0901. The Morgan fingerprint density at radius 1 is 1.27 bits per heavy atom. The summed E-state index contributed by atoms with van der Waals surface area (Å²) < 4.78 is 10.1. The summed E-state index contributed by atoms with van der Waals surface area (Å²) in [5.41, 5.74) is 5.60. The third-order valence-electron chi connectivity index (χ3n) is 7.92. The molecule has 40 heavy (non-hydrogen) atoms. The van der Waals surface area contributed by atoms with E-state index in [0.717, 1.165) is 64.7 Å². The number of carbonyl (C=O) groups excluding carboxylic acids is 1. The summed E-state index contributed by atoms with van der Waals surface area (Å²) in [7, 11) is 0.824. The molecule has 0 atom stereocenters. The van der Waals surface area contributed by atoms with Crippen LogP contribution in [0.15, 0.2) is 49.4 Å². The molecule has 1 amide bonds. The maximum Gasteiger partial charge on any atom is 0.274 e. The Morgan fingerprint density at radius 3 is 2.70 bits per heavy atom. The van der Waals surface area contributed by atoms with Crippen LogP contribution in [0.5, 0.6) is 0 Å². The highest BCUT2D eigenvalue weighted by Crippen LogP contribution is 2.51. The van der Waals surface area contributed by atoms with E-state index in [0.29, 0.717) is 18.3 Å². The van der Waals surface area contributed by atoms with Gasteiger partial charge in [0.1, 0.15) is 24.6 Å². The quantitative estimate of drug-likeness (QED) is 0.180. The number of aryl methyl sites for hydroxylation is 2. The second kappa shape index (κ2) is 10.8. The zero-order valence-corrected chi connectivity index (χ0v) is 25.5. The number of fused-ring (bicyclic) bond motifs is 1. The zero-order chi connectivity index (χ0) is 28.7. The second-order valence-corrected chi connectivity index (χ2v) is 18.1. The van der Waals surface area contributed by atoms with E-state index in [1.165, 1.54) is 0 Å². The standard InChI is InChI=1S/C31H40N6O2Si/c1-8-23-14-26(34-27-22(3)18-37(28(23)27)20-39-12-13-40(5,6)7)29(38)33-25-11-9-10-24(15-25)31(16-21(2)17-31)30-35-32-19-36(30)4/h8-11,14-15,18-19,21H,1,12-13,16-17,20H2,2-7H3,(H,33,38). The number of nitrogens with zero attached hydrogens (tertiary/aromatic N) is 5. The van der Waals surface area contributed by atoms with Crippen LogP contribution in [-0.2, 0) is 23.9 Å². The molecule has 1 saturated carbocycles. The summed E-state index contributed by atoms with van der Waals surface area (Å²) in [5.74, 6) is 1.31. The molecule has 210 valence electrons. The predicted molar refractivity (Wildman–Crippen MR) is 163 cm³/mol. The molecule has 0 radical (unpaired) electrons. The maximum absolute atomic E-state index is 13.5. The summed E-state index contributed by atoms with van der Waals surface area (Å²) in [6, 6.07) is 11.0. The van der Waals surface area contributed by atoms with E-state index in [1.54, 1.807) is 18.5 Å². The Balaban J connectivity index is 1.39. The van der Waals surface area contributed by atoms with Gasteiger partial charge in [-0.25, -0.2) is 4.98 Å². The molecule has 0 unspecified atom stereocenters. The first-order valence-electron chi connectivity index (χ1n) is 14.0. The van der Waals surface area contributed by atoms with E-state index in [1.807, 2.05) is 36.9 Å². The number of hydrogen-bond acceptors (Lipinski definition) is 5. The lowest BCUT2D eigenvalue weighted by Gasteiger charge is -2.46. The second-order valence-electron chi connectivity index (χ2n) is 12.5. The molecule has 0 aliphatic heterocycles. The Hall–Kier alpha value is -3.56. The number of rotatable bonds is 10. The minimum atomic E-state index is -1.16. The van der Waals surface area contributed by atoms with E-state index < -0.39 is 8.07 Å². The molecule has 3 aromatic heterocycles. The van der Waals surface area contributed by atoms with E-state index >= 15 is 0 Å². The molecule has 0 saturated heterocycles. The molecule has 1 N–H and O–H groups in total. The summed E-state index contributed by atoms with van der Waals surface area (Å²) >= 11 is 0. The molecular weight excluding hydrogens is 516 g/mol. The van der Waals surface area contributed by atoms with Crippen molar-refractivity contribution >= 4 is 36.8 Å². The van der Waals surface area contributed by atoms with E-state index in [-0.39, 0.29) is 11.3 Å². The van der Waals surface area contributed by atoms with Crippen molar-refractivity contribution in [3.63, 3.8) is 0 Å². The van der Waals surface area contributed by atoms with Crippen molar-refractivity contribution in [2.24, 2.45) is 13.0 Å². The molecule has 0 spiro atoms. The van der Waals surface area contributed by atoms with E-state index in [2.05, 4.69) is 65.4 Å². The molecule has 1 aliphatic carbocycles. The van der Waals surface area contributed by atoms with Gasteiger partial charge >= 0.3 is 0 Å². The number of benzene rings is 1. The molecule has 1 aromatic carbocycles. The lowest BCUT2D eigenvalue weighted by Crippen LogP contribution is -2.43. The first-order chi connectivity index (χ1) is 19.0. The fourth-order valence-corrected chi connectivity index (χ4v) is 6.65. The SMILES string of the molecule is C=Cc1cc(C(=O)Nc2cccc(C3(c4nncn4C)CC(C)C3)c2)nc2c(C)cn(COCC[Si](C)(C)C)c12. The van der Waals surface area contributed by atoms with Gasteiger partial charge in [0.15, 0.2) is 0 Å². The molecule has 0 bridgehead atoms. The third kappa shape index (κ3) is 5.40. The number of carbonyl (C=O) groups is 1. The summed E-state index contributed by atoms with van der Waals surface area (Å²) in [6.45, 7) is 16.5. The summed E-state index contributed by atoms with van der Waals surface area (Å²) in [6.07, 6.45) is 7.56. The van der Waals surface area contributed by atoms with Crippen molar-refractivity contribution in [3.05, 3.63) is 77.6 Å². The van der Waals surface area contributed by atoms with Gasteiger partial charge in [0.25, 0.3) is 5.91 Å². The van der Waals surface area contributed by atoms with Gasteiger partial charge in [-0.05, 0) is 61.1 Å². The van der Waals surface area contributed by atoms with Crippen LogP contribution >= 0.6 is 0 Å². The third-order valence-corrected chi connectivity index (χ3v) is 9.62. The average Bonchev–Trinajstić information content (AvgIpc) is 3.46. The molecule has 4 aromatic rings. The van der Waals surface area contributed by atoms with Crippen molar-refractivity contribution in [2.75, 3.05) is 11.9 Å². The smallest absolute Gasteiger partial charge is 0.274 e. The molecule has 1 fully saturated rings. The van der Waals surface area contributed by atoms with Crippen LogP contribution in [0.25, 0.3) is 17.1 Å². The number of amides is 1. The van der Waals surface area contributed by atoms with Crippen LogP contribution in [0.3, 0.4) is 0 Å². The minimum absolute atomic E-state index is 0.199. The van der Waals surface area contributed by atoms with Crippen LogP contribution < -0.4 is 5.32 Å². The van der Waals surface area contributed by atoms with Crippen molar-refractivity contribution < 1.29 is 9.53 Å². The average molecular weight is 557 g/mol. The number of hydrogen-bond donors (Lipinski definition) is 1. The van der Waals surface area contributed by atoms with Crippen LogP contribution in [-0.4, -0.2) is 44.9 Å². The molecule has 3 heterocycles.